The third-order valence-electron chi connectivity index (χ3n) is 6.08. The van der Waals surface area contributed by atoms with Gasteiger partial charge in [-0.2, -0.15) is 0 Å². The summed E-state index contributed by atoms with van der Waals surface area (Å²) in [6, 6.07) is 6.99. The second kappa shape index (κ2) is 9.87. The van der Waals surface area contributed by atoms with Crippen molar-refractivity contribution >= 4 is 34.4 Å². The van der Waals surface area contributed by atoms with Crippen LogP contribution in [0, 0.1) is 15.4 Å². The molecule has 2 amide bonds. The molecule has 7 nitrogen and oxygen atoms in total. The number of aliphatic hydroxyl groups is 2. The Labute approximate surface area is 196 Å². The number of rotatable bonds is 9. The number of aliphatic hydroxyl groups excluding tert-OH is 2. The lowest BCUT2D eigenvalue weighted by molar-refractivity contribution is -0.140. The highest BCUT2D eigenvalue weighted by molar-refractivity contribution is 14.1. The molecule has 0 saturated heterocycles. The summed E-state index contributed by atoms with van der Waals surface area (Å²) in [5, 5.41) is 23.0. The highest BCUT2D eigenvalue weighted by atomic mass is 127. The van der Waals surface area contributed by atoms with Gasteiger partial charge in [-0.3, -0.25) is 9.59 Å². The van der Waals surface area contributed by atoms with E-state index in [2.05, 4.69) is 27.9 Å². The quantitative estimate of drug-likeness (QED) is 0.416. The number of hydrogen-bond acceptors (Lipinski definition) is 5. The van der Waals surface area contributed by atoms with Crippen LogP contribution in [-0.2, 0) is 9.59 Å². The second-order valence-corrected chi connectivity index (χ2v) is 9.82. The first kappa shape index (κ1) is 22.5. The van der Waals surface area contributed by atoms with E-state index in [1.165, 1.54) is 0 Å². The van der Waals surface area contributed by atoms with Crippen molar-refractivity contribution in [3.8, 4) is 5.75 Å². The fourth-order valence-corrected chi connectivity index (χ4v) is 4.51. The molecule has 8 heteroatoms. The number of carbonyl (C=O) groups excluding carboxylic acids is 2. The van der Waals surface area contributed by atoms with E-state index in [9.17, 15) is 14.7 Å². The number of nitrogens with zero attached hydrogens (tertiary/aromatic N) is 1. The maximum Gasteiger partial charge on any atom is 0.247 e. The van der Waals surface area contributed by atoms with Crippen LogP contribution in [0.15, 0.2) is 35.9 Å². The molecule has 3 aliphatic carbocycles. The molecule has 3 aliphatic rings. The van der Waals surface area contributed by atoms with Crippen molar-refractivity contribution in [2.45, 2.75) is 50.4 Å². The molecule has 0 radical (unpaired) electrons. The average Bonchev–Trinajstić information content (AvgIpc) is 3.67. The molecule has 1 aromatic rings. The van der Waals surface area contributed by atoms with Crippen LogP contribution >= 0.6 is 22.6 Å². The van der Waals surface area contributed by atoms with Gasteiger partial charge in [0.25, 0.3) is 0 Å². The Morgan fingerprint density at radius 3 is 2.58 bits per heavy atom. The van der Waals surface area contributed by atoms with Gasteiger partial charge in [-0.1, -0.05) is 12.1 Å². The van der Waals surface area contributed by atoms with E-state index < -0.39 is 18.2 Å². The molecule has 0 bridgehead atoms. The Morgan fingerprint density at radius 2 is 1.94 bits per heavy atom. The van der Waals surface area contributed by atoms with Crippen molar-refractivity contribution < 1.29 is 24.5 Å². The minimum absolute atomic E-state index is 0.0398. The highest BCUT2D eigenvalue weighted by Gasteiger charge is 2.45. The first-order valence-corrected chi connectivity index (χ1v) is 12.0. The minimum atomic E-state index is -0.938. The van der Waals surface area contributed by atoms with Gasteiger partial charge in [0.2, 0.25) is 11.8 Å². The normalized spacial score (nSPS) is 25.5. The van der Waals surface area contributed by atoms with Gasteiger partial charge in [0, 0.05) is 31.0 Å². The molecule has 0 aromatic heterocycles. The molecule has 31 heavy (non-hydrogen) atoms. The molecule has 0 heterocycles. The number of amides is 2. The third kappa shape index (κ3) is 5.59. The lowest BCUT2D eigenvalue weighted by Gasteiger charge is -2.41. The number of benzene rings is 1. The van der Waals surface area contributed by atoms with Gasteiger partial charge < -0.3 is 25.2 Å². The smallest absolute Gasteiger partial charge is 0.247 e. The van der Waals surface area contributed by atoms with E-state index in [1.807, 2.05) is 29.2 Å². The molecule has 0 spiro atoms. The van der Waals surface area contributed by atoms with Gasteiger partial charge in [0.1, 0.15) is 18.0 Å². The van der Waals surface area contributed by atoms with Crippen LogP contribution in [0.5, 0.6) is 5.75 Å². The van der Waals surface area contributed by atoms with E-state index in [0.29, 0.717) is 23.8 Å². The topological polar surface area (TPSA) is 99.1 Å². The zero-order valence-electron chi connectivity index (χ0n) is 17.4. The van der Waals surface area contributed by atoms with E-state index in [-0.39, 0.29) is 37.3 Å². The number of carbonyl (C=O) groups is 2. The summed E-state index contributed by atoms with van der Waals surface area (Å²) in [6.07, 6.45) is 4.22. The lowest BCUT2D eigenvalue weighted by atomic mass is 9.87. The summed E-state index contributed by atoms with van der Waals surface area (Å²) < 4.78 is 7.04. The molecule has 0 aliphatic heterocycles. The van der Waals surface area contributed by atoms with Crippen LogP contribution in [0.3, 0.4) is 0 Å². The zero-order chi connectivity index (χ0) is 22.0. The molecule has 2 saturated carbocycles. The first-order valence-electron chi connectivity index (χ1n) is 11.0. The van der Waals surface area contributed by atoms with Gasteiger partial charge in [-0.05, 0) is 72.4 Å². The summed E-state index contributed by atoms with van der Waals surface area (Å²) >= 11 is 2.17. The van der Waals surface area contributed by atoms with E-state index in [0.717, 1.165) is 29.3 Å². The van der Waals surface area contributed by atoms with E-state index >= 15 is 0 Å². The largest absolute Gasteiger partial charge is 0.482 e. The van der Waals surface area contributed by atoms with Crippen molar-refractivity contribution in [2.75, 3.05) is 19.7 Å². The van der Waals surface area contributed by atoms with Crippen LogP contribution < -0.4 is 10.1 Å². The molecule has 2 fully saturated rings. The SMILES string of the molecule is O=C(NCCO)C1=CC(Oc2ccccc2I)C(O)C(N(CC2CC2)C(=O)C2CC2)C1. The summed E-state index contributed by atoms with van der Waals surface area (Å²) in [5.41, 5.74) is 0.476. The Kier molecular flexibility index (Phi) is 7.18. The Morgan fingerprint density at radius 1 is 1.19 bits per heavy atom. The molecule has 1 aromatic carbocycles. The van der Waals surface area contributed by atoms with Crippen LogP contribution in [-0.4, -0.2) is 64.9 Å². The summed E-state index contributed by atoms with van der Waals surface area (Å²) in [4.78, 5) is 27.6. The Bertz CT molecular complexity index is 852. The third-order valence-corrected chi connectivity index (χ3v) is 6.97. The number of nitrogens with one attached hydrogen (secondary N) is 1. The van der Waals surface area contributed by atoms with Crippen molar-refractivity contribution in [3.63, 3.8) is 0 Å². The standard InChI is InChI=1S/C23H29IN2O5/c24-17-3-1-2-4-19(17)31-20-12-16(22(29)25-9-10-27)11-18(21(20)28)26(13-14-5-6-14)23(30)15-7-8-15/h1-4,12,14-15,18,20-21,27-28H,5-11,13H2,(H,25,29). The second-order valence-electron chi connectivity index (χ2n) is 8.65. The fraction of sp³-hybridized carbons (Fsp3) is 0.565. The molecular formula is C23H29IN2O5. The molecule has 3 N–H and O–H groups in total. The summed E-state index contributed by atoms with van der Waals surface area (Å²) in [7, 11) is 0. The first-order chi connectivity index (χ1) is 15.0. The van der Waals surface area contributed by atoms with Gasteiger partial charge in [0.05, 0.1) is 16.2 Å². The van der Waals surface area contributed by atoms with Gasteiger partial charge in [0.15, 0.2) is 0 Å². The average molecular weight is 540 g/mol. The molecule has 4 rings (SSSR count). The Hall–Kier alpha value is -1.65. The molecule has 3 unspecified atom stereocenters. The zero-order valence-corrected chi connectivity index (χ0v) is 19.5. The predicted molar refractivity (Wildman–Crippen MR) is 123 cm³/mol. The van der Waals surface area contributed by atoms with Gasteiger partial charge in [-0.15, -0.1) is 0 Å². The molecule has 3 atom stereocenters. The summed E-state index contributed by atoms with van der Waals surface area (Å²) in [6.45, 7) is 0.623. The number of hydrogen-bond donors (Lipinski definition) is 3. The van der Waals surface area contributed by atoms with Gasteiger partial charge >= 0.3 is 0 Å². The number of para-hydroxylation sites is 1. The van der Waals surface area contributed by atoms with Crippen LogP contribution in [0.4, 0.5) is 0 Å². The lowest BCUT2D eigenvalue weighted by Crippen LogP contribution is -2.56. The van der Waals surface area contributed by atoms with Gasteiger partial charge in [-0.25, -0.2) is 0 Å². The predicted octanol–water partition coefficient (Wildman–Crippen LogP) is 1.86. The van der Waals surface area contributed by atoms with Crippen molar-refractivity contribution in [3.05, 3.63) is 39.5 Å². The minimum Gasteiger partial charge on any atom is -0.482 e. The Balaban J connectivity index is 1.61. The van der Waals surface area contributed by atoms with Crippen LogP contribution in [0.2, 0.25) is 0 Å². The van der Waals surface area contributed by atoms with Crippen LogP contribution in [0.25, 0.3) is 0 Å². The van der Waals surface area contributed by atoms with Crippen molar-refractivity contribution in [2.24, 2.45) is 11.8 Å². The fourth-order valence-electron chi connectivity index (χ4n) is 4.00. The van der Waals surface area contributed by atoms with Crippen molar-refractivity contribution in [1.29, 1.82) is 0 Å². The van der Waals surface area contributed by atoms with E-state index in [1.54, 1.807) is 6.08 Å². The highest BCUT2D eigenvalue weighted by Crippen LogP contribution is 2.38. The number of halogens is 1. The maximum atomic E-state index is 13.1. The summed E-state index contributed by atoms with van der Waals surface area (Å²) in [5.74, 6) is 0.926. The molecule has 168 valence electrons. The number of ether oxygens (including phenoxy) is 1. The maximum absolute atomic E-state index is 13.1. The van der Waals surface area contributed by atoms with Crippen molar-refractivity contribution in [1.82, 2.24) is 10.2 Å². The van der Waals surface area contributed by atoms with Crippen LogP contribution in [0.1, 0.15) is 32.1 Å². The molecular weight excluding hydrogens is 511 g/mol. The monoisotopic (exact) mass is 540 g/mol. The van der Waals surface area contributed by atoms with E-state index in [4.69, 9.17) is 9.84 Å².